The van der Waals surface area contributed by atoms with E-state index in [0.29, 0.717) is 12.1 Å². The third-order valence-electron chi connectivity index (χ3n) is 6.56. The summed E-state index contributed by atoms with van der Waals surface area (Å²) < 4.78 is 11.1. The monoisotopic (exact) mass is 486 g/mol. The molecule has 1 saturated heterocycles. The van der Waals surface area contributed by atoms with Crippen molar-refractivity contribution in [2.45, 2.75) is 29.8 Å². The molecule has 0 radical (unpaired) electrons. The van der Waals surface area contributed by atoms with Crippen LogP contribution in [-0.2, 0) is 4.74 Å². The lowest BCUT2D eigenvalue weighted by atomic mass is 9.90. The summed E-state index contributed by atoms with van der Waals surface area (Å²) in [4.78, 5) is 17.7. The van der Waals surface area contributed by atoms with Crippen LogP contribution in [0.15, 0.2) is 83.9 Å². The van der Waals surface area contributed by atoms with Gasteiger partial charge in [0.15, 0.2) is 0 Å². The first kappa shape index (κ1) is 23.5. The van der Waals surface area contributed by atoms with Gasteiger partial charge >= 0.3 is 0 Å². The molecule has 1 aromatic heterocycles. The number of fused-ring (bicyclic) bond motifs is 1. The summed E-state index contributed by atoms with van der Waals surface area (Å²) in [5.74, 6) is 1.62. The molecular weight excluding hydrogens is 456 g/mol. The van der Waals surface area contributed by atoms with Gasteiger partial charge in [0, 0.05) is 46.8 Å². The number of hydrogen-bond acceptors (Lipinski definition) is 4. The van der Waals surface area contributed by atoms with E-state index < -0.39 is 0 Å². The molecule has 5 nitrogen and oxygen atoms in total. The summed E-state index contributed by atoms with van der Waals surface area (Å²) in [5.41, 5.74) is 4.08. The average molecular weight is 487 g/mol. The van der Waals surface area contributed by atoms with Gasteiger partial charge in [-0.15, -0.1) is 11.8 Å². The third-order valence-corrected chi connectivity index (χ3v) is 7.77. The second-order valence-electron chi connectivity index (χ2n) is 8.77. The molecule has 0 spiro atoms. The molecule has 1 fully saturated rings. The van der Waals surface area contributed by atoms with Crippen molar-refractivity contribution in [2.24, 2.45) is 0 Å². The smallest absolute Gasteiger partial charge is 0.252 e. The van der Waals surface area contributed by atoms with Crippen LogP contribution in [-0.4, -0.2) is 43.0 Å². The Hall–Kier alpha value is -3.22. The van der Waals surface area contributed by atoms with Gasteiger partial charge in [-0.1, -0.05) is 42.5 Å². The van der Waals surface area contributed by atoms with Crippen LogP contribution < -0.4 is 10.1 Å². The molecule has 180 valence electrons. The lowest BCUT2D eigenvalue weighted by Crippen LogP contribution is -2.29. The van der Waals surface area contributed by atoms with Crippen molar-refractivity contribution in [3.05, 3.63) is 95.7 Å². The van der Waals surface area contributed by atoms with Gasteiger partial charge < -0.3 is 19.8 Å². The maximum Gasteiger partial charge on any atom is 0.252 e. The highest BCUT2D eigenvalue weighted by Gasteiger charge is 2.21. The van der Waals surface area contributed by atoms with Crippen molar-refractivity contribution in [1.82, 2.24) is 10.3 Å². The molecule has 3 aromatic carbocycles. The average Bonchev–Trinajstić information content (AvgIpc) is 3.58. The summed E-state index contributed by atoms with van der Waals surface area (Å²) in [5, 5.41) is 4.38. The molecule has 0 bridgehead atoms. The van der Waals surface area contributed by atoms with Crippen LogP contribution in [0.25, 0.3) is 10.9 Å². The predicted molar refractivity (Wildman–Crippen MR) is 142 cm³/mol. The standard InChI is InChI=1S/C29H30N2O3S/c1-33-21-14-12-20(13-15-21)25(26-18-30-27-10-4-2-8-23(26)27)17-31-29(32)24-9-3-5-11-28(24)35-19-22-7-6-16-34-22/h2-5,8-15,18,22,25,30H,6-7,16-17,19H2,1H3,(H,31,32). The number of amides is 1. The van der Waals surface area contributed by atoms with Gasteiger partial charge in [-0.2, -0.15) is 0 Å². The van der Waals surface area contributed by atoms with Crippen LogP contribution in [0.1, 0.15) is 40.2 Å². The van der Waals surface area contributed by atoms with E-state index in [1.807, 2.05) is 48.5 Å². The van der Waals surface area contributed by atoms with Gasteiger partial charge in [-0.05, 0) is 54.3 Å². The molecule has 5 rings (SSSR count). The minimum absolute atomic E-state index is 0.00675. The van der Waals surface area contributed by atoms with E-state index in [4.69, 9.17) is 9.47 Å². The topological polar surface area (TPSA) is 63.4 Å². The Labute approximate surface area is 210 Å². The van der Waals surface area contributed by atoms with Gasteiger partial charge in [0.2, 0.25) is 0 Å². The van der Waals surface area contributed by atoms with Crippen LogP contribution >= 0.6 is 11.8 Å². The fourth-order valence-electron chi connectivity index (χ4n) is 4.65. The highest BCUT2D eigenvalue weighted by molar-refractivity contribution is 7.99. The first-order chi connectivity index (χ1) is 17.2. The minimum atomic E-state index is -0.0567. The number of aromatic nitrogens is 1. The zero-order chi connectivity index (χ0) is 24.0. The van der Waals surface area contributed by atoms with E-state index in [2.05, 4.69) is 40.8 Å². The van der Waals surface area contributed by atoms with Crippen LogP contribution in [0.3, 0.4) is 0 Å². The fourth-order valence-corrected chi connectivity index (χ4v) is 5.77. The number of carbonyl (C=O) groups excluding carboxylic acids is 1. The lowest BCUT2D eigenvalue weighted by Gasteiger charge is -2.19. The summed E-state index contributed by atoms with van der Waals surface area (Å²) in [6, 6.07) is 24.2. The van der Waals surface area contributed by atoms with E-state index in [1.54, 1.807) is 18.9 Å². The van der Waals surface area contributed by atoms with Crippen molar-refractivity contribution in [1.29, 1.82) is 0 Å². The Balaban J connectivity index is 1.37. The molecule has 1 aliphatic rings. The number of ether oxygens (including phenoxy) is 2. The quantitative estimate of drug-likeness (QED) is 0.285. The van der Waals surface area contributed by atoms with Crippen LogP contribution in [0.4, 0.5) is 0 Å². The maximum atomic E-state index is 13.3. The number of thioether (sulfide) groups is 1. The van der Waals surface area contributed by atoms with E-state index in [0.717, 1.165) is 57.9 Å². The van der Waals surface area contributed by atoms with E-state index in [9.17, 15) is 4.79 Å². The summed E-state index contributed by atoms with van der Waals surface area (Å²) in [7, 11) is 1.67. The van der Waals surface area contributed by atoms with Crippen LogP contribution in [0.2, 0.25) is 0 Å². The highest BCUT2D eigenvalue weighted by atomic mass is 32.2. The van der Waals surface area contributed by atoms with Gasteiger partial charge in [0.1, 0.15) is 5.75 Å². The number of carbonyl (C=O) groups is 1. The van der Waals surface area contributed by atoms with Crippen LogP contribution in [0.5, 0.6) is 5.75 Å². The zero-order valence-electron chi connectivity index (χ0n) is 19.8. The van der Waals surface area contributed by atoms with E-state index in [1.165, 1.54) is 0 Å². The maximum absolute atomic E-state index is 13.3. The van der Waals surface area contributed by atoms with Crippen molar-refractivity contribution in [3.63, 3.8) is 0 Å². The molecule has 2 unspecified atom stereocenters. The fraction of sp³-hybridized carbons (Fsp3) is 0.276. The largest absolute Gasteiger partial charge is 0.497 e. The molecular formula is C29H30N2O3S. The molecule has 1 amide bonds. The van der Waals surface area contributed by atoms with Gasteiger partial charge in [-0.3, -0.25) is 4.79 Å². The number of nitrogens with one attached hydrogen (secondary N) is 2. The normalized spacial score (nSPS) is 16.3. The van der Waals surface area contributed by atoms with Crippen molar-refractivity contribution in [2.75, 3.05) is 26.0 Å². The second-order valence-corrected chi connectivity index (χ2v) is 9.83. The molecule has 0 saturated carbocycles. The van der Waals surface area contributed by atoms with Gasteiger partial charge in [-0.25, -0.2) is 0 Å². The third kappa shape index (κ3) is 5.39. The Morgan fingerprint density at radius 3 is 2.71 bits per heavy atom. The number of hydrogen-bond donors (Lipinski definition) is 2. The molecule has 0 aliphatic carbocycles. The number of H-pyrrole nitrogens is 1. The summed E-state index contributed by atoms with van der Waals surface area (Å²) >= 11 is 1.70. The van der Waals surface area contributed by atoms with Crippen molar-refractivity contribution < 1.29 is 14.3 Å². The number of benzene rings is 3. The van der Waals surface area contributed by atoms with Crippen molar-refractivity contribution in [3.8, 4) is 5.75 Å². The Morgan fingerprint density at radius 1 is 1.11 bits per heavy atom. The molecule has 1 aliphatic heterocycles. The number of rotatable bonds is 9. The van der Waals surface area contributed by atoms with Gasteiger partial charge in [0.25, 0.3) is 5.91 Å². The summed E-state index contributed by atoms with van der Waals surface area (Å²) in [6.07, 6.45) is 4.54. The lowest BCUT2D eigenvalue weighted by molar-refractivity contribution is 0.0949. The Morgan fingerprint density at radius 2 is 1.91 bits per heavy atom. The SMILES string of the molecule is COc1ccc(C(CNC(=O)c2ccccc2SCC2CCCO2)c2c[nH]c3ccccc23)cc1. The second kappa shape index (κ2) is 11.0. The molecule has 4 aromatic rings. The Kier molecular flexibility index (Phi) is 7.40. The first-order valence-electron chi connectivity index (χ1n) is 12.0. The summed E-state index contributed by atoms with van der Waals surface area (Å²) in [6.45, 7) is 1.33. The minimum Gasteiger partial charge on any atom is -0.497 e. The Bertz CT molecular complexity index is 1280. The van der Waals surface area contributed by atoms with Crippen LogP contribution in [0, 0.1) is 0 Å². The van der Waals surface area contributed by atoms with E-state index in [-0.39, 0.29) is 17.9 Å². The molecule has 2 atom stereocenters. The predicted octanol–water partition coefficient (Wildman–Crippen LogP) is 6.01. The van der Waals surface area contributed by atoms with Crippen molar-refractivity contribution >= 4 is 28.6 Å². The number of para-hydroxylation sites is 1. The molecule has 2 heterocycles. The van der Waals surface area contributed by atoms with E-state index >= 15 is 0 Å². The molecule has 6 heteroatoms. The molecule has 2 N–H and O–H groups in total. The highest BCUT2D eigenvalue weighted by Crippen LogP contribution is 2.32. The number of aromatic amines is 1. The van der Waals surface area contributed by atoms with Gasteiger partial charge in [0.05, 0.1) is 18.8 Å². The zero-order valence-corrected chi connectivity index (χ0v) is 20.6. The number of methoxy groups -OCH3 is 1. The first-order valence-corrected chi connectivity index (χ1v) is 13.0. The molecule has 35 heavy (non-hydrogen) atoms.